The SMILES string of the molecule is Cc1ccc(Oc2cc(Cl)c(S(=O)(=O)Oc3ccc(C)cc3)cc2S(N)(=O)=O)cc1. The molecule has 0 spiro atoms. The summed E-state index contributed by atoms with van der Waals surface area (Å²) < 4.78 is 60.3. The average Bonchev–Trinajstić information content (AvgIpc) is 2.64. The van der Waals surface area contributed by atoms with Crippen molar-refractivity contribution in [3.63, 3.8) is 0 Å². The summed E-state index contributed by atoms with van der Waals surface area (Å²) in [5.74, 6) is 0.169. The van der Waals surface area contributed by atoms with Crippen molar-refractivity contribution in [2.45, 2.75) is 23.6 Å². The van der Waals surface area contributed by atoms with E-state index in [0.717, 1.165) is 23.3 Å². The molecule has 0 atom stereocenters. The molecule has 0 radical (unpaired) electrons. The fourth-order valence-electron chi connectivity index (χ4n) is 2.51. The van der Waals surface area contributed by atoms with Crippen LogP contribution in [0.2, 0.25) is 5.02 Å². The van der Waals surface area contributed by atoms with E-state index in [-0.39, 0.29) is 16.5 Å². The van der Waals surface area contributed by atoms with Gasteiger partial charge in [-0.2, -0.15) is 8.42 Å². The summed E-state index contributed by atoms with van der Waals surface area (Å²) in [5, 5.41) is 5.00. The van der Waals surface area contributed by atoms with Gasteiger partial charge in [0.25, 0.3) is 0 Å². The number of hydrogen-bond donors (Lipinski definition) is 1. The van der Waals surface area contributed by atoms with Crippen LogP contribution in [0.4, 0.5) is 0 Å². The average molecular weight is 468 g/mol. The van der Waals surface area contributed by atoms with Crippen molar-refractivity contribution in [2.75, 3.05) is 0 Å². The van der Waals surface area contributed by atoms with Gasteiger partial charge in [-0.15, -0.1) is 0 Å². The first-order chi connectivity index (χ1) is 14.0. The lowest BCUT2D eigenvalue weighted by Crippen LogP contribution is -2.16. The zero-order valence-electron chi connectivity index (χ0n) is 16.0. The molecular formula is C20H18ClNO6S2. The predicted molar refractivity (Wildman–Crippen MR) is 113 cm³/mol. The summed E-state index contributed by atoms with van der Waals surface area (Å²) in [6.07, 6.45) is 0. The van der Waals surface area contributed by atoms with Gasteiger partial charge in [-0.25, -0.2) is 13.6 Å². The monoisotopic (exact) mass is 467 g/mol. The molecule has 0 heterocycles. The number of rotatable bonds is 6. The molecule has 10 heteroatoms. The van der Waals surface area contributed by atoms with Gasteiger partial charge in [-0.3, -0.25) is 0 Å². The first-order valence-corrected chi connectivity index (χ1v) is 11.9. The van der Waals surface area contributed by atoms with Crippen molar-refractivity contribution in [3.8, 4) is 17.2 Å². The predicted octanol–water partition coefficient (Wildman–Crippen LogP) is 4.16. The minimum Gasteiger partial charge on any atom is -0.456 e. The van der Waals surface area contributed by atoms with Crippen LogP contribution in [-0.2, 0) is 20.1 Å². The Balaban J connectivity index is 2.06. The minimum atomic E-state index is -4.44. The molecule has 0 aliphatic heterocycles. The van der Waals surface area contributed by atoms with Crippen LogP contribution < -0.4 is 14.1 Å². The highest BCUT2D eigenvalue weighted by Gasteiger charge is 2.27. The van der Waals surface area contributed by atoms with Gasteiger partial charge in [0, 0.05) is 6.07 Å². The second-order valence-corrected chi connectivity index (χ2v) is 9.99. The standard InChI is InChI=1S/C20H18ClNO6S2/c1-13-3-7-15(8-4-13)27-18-11-17(21)19(12-20(18)29(22,23)24)30(25,26)28-16-9-5-14(2)6-10-16/h3-12H,1-2H3,(H2,22,23,24). The largest absolute Gasteiger partial charge is 0.456 e. The van der Waals surface area contributed by atoms with E-state index in [4.69, 9.17) is 25.7 Å². The van der Waals surface area contributed by atoms with Crippen LogP contribution in [-0.4, -0.2) is 16.8 Å². The lowest BCUT2D eigenvalue weighted by atomic mass is 10.2. The Labute approximate surface area is 180 Å². The number of nitrogens with two attached hydrogens (primary N) is 1. The maximum atomic E-state index is 12.7. The van der Waals surface area contributed by atoms with Gasteiger partial charge in [0.15, 0.2) is 0 Å². The second kappa shape index (κ2) is 8.27. The quantitative estimate of drug-likeness (QED) is 0.544. The zero-order chi connectivity index (χ0) is 22.1. The Morgan fingerprint density at radius 1 is 0.767 bits per heavy atom. The summed E-state index contributed by atoms with van der Waals surface area (Å²) in [4.78, 5) is -1.09. The highest BCUT2D eigenvalue weighted by molar-refractivity contribution is 7.89. The molecule has 3 rings (SSSR count). The third-order valence-electron chi connectivity index (χ3n) is 4.05. The van der Waals surface area contributed by atoms with E-state index in [1.807, 2.05) is 13.8 Å². The number of ether oxygens (including phenoxy) is 1. The van der Waals surface area contributed by atoms with E-state index < -0.39 is 29.9 Å². The molecule has 0 aliphatic rings. The first kappa shape index (κ1) is 22.1. The van der Waals surface area contributed by atoms with Crippen LogP contribution >= 0.6 is 11.6 Å². The second-order valence-electron chi connectivity index (χ2n) is 6.54. The Morgan fingerprint density at radius 3 is 1.77 bits per heavy atom. The first-order valence-electron chi connectivity index (χ1n) is 8.58. The number of aryl methyl sites for hydroxylation is 2. The molecule has 3 aromatic carbocycles. The topological polar surface area (TPSA) is 113 Å². The Morgan fingerprint density at radius 2 is 1.27 bits per heavy atom. The summed E-state index contributed by atoms with van der Waals surface area (Å²) in [6, 6.07) is 15.0. The van der Waals surface area contributed by atoms with Crippen molar-refractivity contribution < 1.29 is 25.8 Å². The Hall–Kier alpha value is -2.59. The molecule has 158 valence electrons. The number of sulfonamides is 1. The van der Waals surface area contributed by atoms with Gasteiger partial charge in [0.05, 0.1) is 5.02 Å². The summed E-state index contributed by atoms with van der Waals surface area (Å²) >= 11 is 6.14. The van der Waals surface area contributed by atoms with Crippen LogP contribution in [0.1, 0.15) is 11.1 Å². The maximum Gasteiger partial charge on any atom is 0.340 e. The van der Waals surface area contributed by atoms with Crippen LogP contribution in [0.5, 0.6) is 17.2 Å². The number of hydrogen-bond acceptors (Lipinski definition) is 6. The lowest BCUT2D eigenvalue weighted by molar-refractivity contribution is 0.465. The smallest absolute Gasteiger partial charge is 0.340 e. The van der Waals surface area contributed by atoms with Crippen molar-refractivity contribution in [3.05, 3.63) is 76.8 Å². The Bertz CT molecular complexity index is 1290. The molecule has 3 aromatic rings. The summed E-state index contributed by atoms with van der Waals surface area (Å²) in [5.41, 5.74) is 1.88. The highest BCUT2D eigenvalue weighted by atomic mass is 35.5. The third kappa shape index (κ3) is 5.11. The summed E-state index contributed by atoms with van der Waals surface area (Å²) in [6.45, 7) is 3.71. The van der Waals surface area contributed by atoms with Gasteiger partial charge in [-0.05, 0) is 44.2 Å². The van der Waals surface area contributed by atoms with E-state index in [1.165, 1.54) is 12.1 Å². The van der Waals surface area contributed by atoms with E-state index in [1.54, 1.807) is 36.4 Å². The van der Waals surface area contributed by atoms with Gasteiger partial charge >= 0.3 is 10.1 Å². The highest BCUT2D eigenvalue weighted by Crippen LogP contribution is 2.36. The fourth-order valence-corrected chi connectivity index (χ4v) is 4.70. The molecular weight excluding hydrogens is 450 g/mol. The van der Waals surface area contributed by atoms with E-state index in [0.29, 0.717) is 5.75 Å². The molecule has 0 saturated carbocycles. The summed E-state index contributed by atoms with van der Waals surface area (Å²) in [7, 11) is -8.79. The van der Waals surface area contributed by atoms with E-state index in [2.05, 4.69) is 0 Å². The van der Waals surface area contributed by atoms with Gasteiger partial charge in [0.2, 0.25) is 10.0 Å². The molecule has 0 amide bonds. The Kier molecular flexibility index (Phi) is 6.09. The van der Waals surface area contributed by atoms with Crippen LogP contribution in [0, 0.1) is 13.8 Å². The third-order valence-corrected chi connectivity index (χ3v) is 6.69. The molecule has 0 fully saturated rings. The van der Waals surface area contributed by atoms with E-state index >= 15 is 0 Å². The van der Waals surface area contributed by atoms with Crippen LogP contribution in [0.25, 0.3) is 0 Å². The van der Waals surface area contributed by atoms with Crippen molar-refractivity contribution in [1.82, 2.24) is 0 Å². The van der Waals surface area contributed by atoms with E-state index in [9.17, 15) is 16.8 Å². The molecule has 0 unspecified atom stereocenters. The molecule has 30 heavy (non-hydrogen) atoms. The lowest BCUT2D eigenvalue weighted by Gasteiger charge is -2.14. The molecule has 0 aromatic heterocycles. The normalized spacial score (nSPS) is 11.9. The molecule has 0 saturated heterocycles. The maximum absolute atomic E-state index is 12.7. The molecule has 7 nitrogen and oxygen atoms in total. The number of primary sulfonamides is 1. The zero-order valence-corrected chi connectivity index (χ0v) is 18.4. The van der Waals surface area contributed by atoms with Gasteiger partial charge in [0.1, 0.15) is 27.0 Å². The minimum absolute atomic E-state index is 0.0498. The van der Waals surface area contributed by atoms with Crippen molar-refractivity contribution >= 4 is 31.7 Å². The molecule has 0 aliphatic carbocycles. The number of halogens is 1. The van der Waals surface area contributed by atoms with Crippen LogP contribution in [0.15, 0.2) is 70.5 Å². The van der Waals surface area contributed by atoms with Gasteiger partial charge in [-0.1, -0.05) is 47.0 Å². The number of benzene rings is 3. The molecule has 0 bridgehead atoms. The van der Waals surface area contributed by atoms with Crippen molar-refractivity contribution in [2.24, 2.45) is 5.14 Å². The van der Waals surface area contributed by atoms with Crippen LogP contribution in [0.3, 0.4) is 0 Å². The van der Waals surface area contributed by atoms with Crippen molar-refractivity contribution in [1.29, 1.82) is 0 Å². The van der Waals surface area contributed by atoms with Gasteiger partial charge < -0.3 is 8.92 Å². The fraction of sp³-hybridized carbons (Fsp3) is 0.100. The molecule has 2 N–H and O–H groups in total.